The predicted molar refractivity (Wildman–Crippen MR) is 114 cm³/mol. The van der Waals surface area contributed by atoms with Crippen LogP contribution < -0.4 is 10.6 Å². The number of rotatable bonds is 7. The summed E-state index contributed by atoms with van der Waals surface area (Å²) in [6, 6.07) is 20.2. The normalized spacial score (nSPS) is 15.3. The maximum absolute atomic E-state index is 14.5. The van der Waals surface area contributed by atoms with Gasteiger partial charge in [0, 0.05) is 22.7 Å². The van der Waals surface area contributed by atoms with Crippen molar-refractivity contribution in [3.63, 3.8) is 0 Å². The molecule has 0 saturated carbocycles. The number of benzene rings is 2. The molecule has 0 saturated heterocycles. The Hall–Kier alpha value is -1.85. The molecule has 1 aliphatic rings. The smallest absolute Gasteiger partial charge is 0.143 e. The number of hydrogen-bond acceptors (Lipinski definition) is 1. The molecule has 0 radical (unpaired) electrons. The second-order valence-corrected chi connectivity index (χ2v) is 10.1. The van der Waals surface area contributed by atoms with E-state index < -0.39 is 7.14 Å². The Kier molecular flexibility index (Phi) is 5.99. The first kappa shape index (κ1) is 18.9. The maximum atomic E-state index is 14.5. The Morgan fingerprint density at radius 1 is 0.846 bits per heavy atom. The van der Waals surface area contributed by atoms with Crippen LogP contribution in [0.3, 0.4) is 0 Å². The van der Waals surface area contributed by atoms with Gasteiger partial charge in [-0.1, -0.05) is 98.8 Å². The van der Waals surface area contributed by atoms with E-state index in [1.807, 2.05) is 60.7 Å². The van der Waals surface area contributed by atoms with Crippen molar-refractivity contribution in [1.82, 2.24) is 0 Å². The van der Waals surface area contributed by atoms with Gasteiger partial charge in [-0.15, -0.1) is 0 Å². The van der Waals surface area contributed by atoms with E-state index in [0.717, 1.165) is 29.9 Å². The largest absolute Gasteiger partial charge is 0.314 e. The molecule has 0 fully saturated rings. The van der Waals surface area contributed by atoms with E-state index in [0.29, 0.717) is 12.1 Å². The molecule has 26 heavy (non-hydrogen) atoms. The summed E-state index contributed by atoms with van der Waals surface area (Å²) in [7, 11) is -2.71. The number of allylic oxidation sites excluding steroid dienone is 4. The lowest BCUT2D eigenvalue weighted by Crippen LogP contribution is -2.35. The van der Waals surface area contributed by atoms with Crippen LogP contribution in [0.4, 0.5) is 0 Å². The fourth-order valence-corrected chi connectivity index (χ4v) is 7.68. The zero-order valence-corrected chi connectivity index (χ0v) is 16.7. The minimum Gasteiger partial charge on any atom is -0.314 e. The average molecular weight is 364 g/mol. The van der Waals surface area contributed by atoms with Crippen LogP contribution in [0.15, 0.2) is 85.0 Å². The molecule has 0 spiro atoms. The molecular formula is C24H29OP. The molecule has 1 aliphatic carbocycles. The SMILES string of the molecule is CCC(CC)(CP(=O)(c1ccccc1)c1ccccc1)C1C=CCC=C1. The first-order valence-corrected chi connectivity index (χ1v) is 11.6. The summed E-state index contributed by atoms with van der Waals surface area (Å²) in [6.07, 6.45) is 12.9. The van der Waals surface area contributed by atoms with Gasteiger partial charge < -0.3 is 4.57 Å². The molecule has 0 atom stereocenters. The van der Waals surface area contributed by atoms with Gasteiger partial charge in [-0.3, -0.25) is 0 Å². The highest BCUT2D eigenvalue weighted by atomic mass is 31.2. The van der Waals surface area contributed by atoms with E-state index in [1.165, 1.54) is 0 Å². The Morgan fingerprint density at radius 2 is 1.31 bits per heavy atom. The average Bonchev–Trinajstić information content (AvgIpc) is 2.74. The molecule has 1 nitrogen and oxygen atoms in total. The lowest BCUT2D eigenvalue weighted by molar-refractivity contribution is 0.247. The van der Waals surface area contributed by atoms with Crippen LogP contribution >= 0.6 is 7.14 Å². The fourth-order valence-electron chi connectivity index (χ4n) is 4.16. The van der Waals surface area contributed by atoms with Gasteiger partial charge in [0.2, 0.25) is 0 Å². The zero-order valence-electron chi connectivity index (χ0n) is 15.8. The molecule has 2 aromatic rings. The highest BCUT2D eigenvalue weighted by molar-refractivity contribution is 7.78. The third-order valence-corrected chi connectivity index (χ3v) is 9.30. The lowest BCUT2D eigenvalue weighted by atomic mass is 9.71. The van der Waals surface area contributed by atoms with Gasteiger partial charge in [-0.05, 0) is 24.7 Å². The van der Waals surface area contributed by atoms with Crippen molar-refractivity contribution in [3.05, 3.63) is 85.0 Å². The van der Waals surface area contributed by atoms with E-state index in [-0.39, 0.29) is 5.41 Å². The van der Waals surface area contributed by atoms with Gasteiger partial charge in [-0.2, -0.15) is 0 Å². The van der Waals surface area contributed by atoms with E-state index >= 15 is 0 Å². The van der Waals surface area contributed by atoms with E-state index in [9.17, 15) is 4.57 Å². The van der Waals surface area contributed by atoms with E-state index in [4.69, 9.17) is 0 Å². The maximum Gasteiger partial charge on any atom is 0.143 e. The Labute approximate surface area is 158 Å². The topological polar surface area (TPSA) is 17.1 Å². The van der Waals surface area contributed by atoms with Gasteiger partial charge in [0.15, 0.2) is 0 Å². The Balaban J connectivity index is 2.10. The van der Waals surface area contributed by atoms with Gasteiger partial charge in [0.05, 0.1) is 0 Å². The summed E-state index contributed by atoms with van der Waals surface area (Å²) >= 11 is 0. The third kappa shape index (κ3) is 3.64. The van der Waals surface area contributed by atoms with Crippen molar-refractivity contribution in [2.24, 2.45) is 11.3 Å². The summed E-state index contributed by atoms with van der Waals surface area (Å²) in [5.74, 6) is 0.354. The number of hydrogen-bond donors (Lipinski definition) is 0. The van der Waals surface area contributed by atoms with Crippen LogP contribution in [0.1, 0.15) is 33.1 Å². The summed E-state index contributed by atoms with van der Waals surface area (Å²) in [5, 5.41) is 1.95. The first-order chi connectivity index (χ1) is 12.6. The molecule has 0 aromatic heterocycles. The quantitative estimate of drug-likeness (QED) is 0.439. The molecule has 0 N–H and O–H groups in total. The summed E-state index contributed by atoms with van der Waals surface area (Å²) in [5.41, 5.74) is 0.00856. The minimum atomic E-state index is -2.71. The van der Waals surface area contributed by atoms with Crippen LogP contribution in [0.5, 0.6) is 0 Å². The third-order valence-electron chi connectivity index (χ3n) is 5.96. The molecule has 136 valence electrons. The van der Waals surface area contributed by atoms with E-state index in [1.54, 1.807) is 0 Å². The van der Waals surface area contributed by atoms with Crippen molar-refractivity contribution in [2.75, 3.05) is 6.16 Å². The second kappa shape index (κ2) is 8.23. The molecule has 0 unspecified atom stereocenters. The molecule has 0 amide bonds. The fraction of sp³-hybridized carbons (Fsp3) is 0.333. The van der Waals surface area contributed by atoms with Gasteiger partial charge in [0.1, 0.15) is 7.14 Å². The predicted octanol–water partition coefficient (Wildman–Crippen LogP) is 5.94. The van der Waals surface area contributed by atoms with E-state index in [2.05, 4.69) is 38.2 Å². The minimum absolute atomic E-state index is 0.00856. The summed E-state index contributed by atoms with van der Waals surface area (Å²) < 4.78 is 14.5. The Bertz CT molecular complexity index is 745. The van der Waals surface area contributed by atoms with Crippen LogP contribution in [0.25, 0.3) is 0 Å². The van der Waals surface area contributed by atoms with Crippen LogP contribution in [-0.4, -0.2) is 6.16 Å². The summed E-state index contributed by atoms with van der Waals surface area (Å²) in [4.78, 5) is 0. The molecule has 0 heterocycles. The van der Waals surface area contributed by atoms with Crippen molar-refractivity contribution < 1.29 is 4.57 Å². The molecular weight excluding hydrogens is 335 g/mol. The zero-order chi connectivity index (χ0) is 18.5. The molecule has 2 aromatic carbocycles. The van der Waals surface area contributed by atoms with Crippen molar-refractivity contribution in [2.45, 2.75) is 33.1 Å². The second-order valence-electron chi connectivity index (χ2n) is 7.26. The van der Waals surface area contributed by atoms with Crippen molar-refractivity contribution in [3.8, 4) is 0 Å². The highest BCUT2D eigenvalue weighted by Gasteiger charge is 2.41. The molecule has 2 heteroatoms. The van der Waals surface area contributed by atoms with Crippen LogP contribution in [0.2, 0.25) is 0 Å². The van der Waals surface area contributed by atoms with Crippen LogP contribution in [-0.2, 0) is 4.57 Å². The molecule has 0 bridgehead atoms. The van der Waals surface area contributed by atoms with Crippen LogP contribution in [0, 0.1) is 11.3 Å². The van der Waals surface area contributed by atoms with Gasteiger partial charge >= 0.3 is 0 Å². The molecule has 0 aliphatic heterocycles. The van der Waals surface area contributed by atoms with Gasteiger partial charge in [0.25, 0.3) is 0 Å². The van der Waals surface area contributed by atoms with Gasteiger partial charge in [-0.25, -0.2) is 0 Å². The highest BCUT2D eigenvalue weighted by Crippen LogP contribution is 2.54. The van der Waals surface area contributed by atoms with Crippen molar-refractivity contribution >= 4 is 17.8 Å². The standard InChI is InChI=1S/C24H29OP/c1-3-24(4-2,21-14-8-5-9-15-21)20-26(25,22-16-10-6-11-17-22)23-18-12-7-13-19-23/h6-19,21H,3-5,20H2,1-2H3. The lowest BCUT2D eigenvalue weighted by Gasteiger charge is -2.40. The van der Waals surface area contributed by atoms with Crippen molar-refractivity contribution in [1.29, 1.82) is 0 Å². The first-order valence-electron chi connectivity index (χ1n) is 9.68. The monoisotopic (exact) mass is 364 g/mol. The molecule has 3 rings (SSSR count). The summed E-state index contributed by atoms with van der Waals surface area (Å²) in [6.45, 7) is 4.50. The Morgan fingerprint density at radius 3 is 1.73 bits per heavy atom.